The summed E-state index contributed by atoms with van der Waals surface area (Å²) in [4.78, 5) is 38.8. The first kappa shape index (κ1) is 19.4. The van der Waals surface area contributed by atoms with Gasteiger partial charge in [-0.25, -0.2) is 0 Å². The molecule has 2 N–H and O–H groups in total. The van der Waals surface area contributed by atoms with E-state index in [0.29, 0.717) is 31.0 Å². The fourth-order valence-electron chi connectivity index (χ4n) is 3.82. The molecule has 3 amide bonds. The SMILES string of the molecule is CC(C)(NC(=O)c1cccc(N2CCCC2=O)c1)C(=O)NCC1CCCC1. The van der Waals surface area contributed by atoms with Crippen LogP contribution in [0.25, 0.3) is 0 Å². The zero-order valence-corrected chi connectivity index (χ0v) is 16.2. The maximum absolute atomic E-state index is 12.7. The number of carbonyl (C=O) groups excluding carboxylic acids is 3. The number of carbonyl (C=O) groups is 3. The summed E-state index contributed by atoms with van der Waals surface area (Å²) in [6.45, 7) is 4.77. The van der Waals surface area contributed by atoms with E-state index in [0.717, 1.165) is 24.9 Å². The van der Waals surface area contributed by atoms with Gasteiger partial charge in [0.2, 0.25) is 11.8 Å². The van der Waals surface area contributed by atoms with Crippen molar-refractivity contribution in [2.24, 2.45) is 5.92 Å². The summed E-state index contributed by atoms with van der Waals surface area (Å²) in [6.07, 6.45) is 6.17. The summed E-state index contributed by atoms with van der Waals surface area (Å²) in [5.41, 5.74) is 0.173. The van der Waals surface area contributed by atoms with Crippen molar-refractivity contribution >= 4 is 23.4 Å². The van der Waals surface area contributed by atoms with E-state index in [2.05, 4.69) is 10.6 Å². The second kappa shape index (κ2) is 8.11. The Labute approximate surface area is 160 Å². The Hall–Kier alpha value is -2.37. The molecule has 1 aromatic rings. The fraction of sp³-hybridized carbons (Fsp3) is 0.571. The Bertz CT molecular complexity index is 723. The molecule has 1 aromatic carbocycles. The first-order chi connectivity index (χ1) is 12.9. The van der Waals surface area contributed by atoms with Crippen molar-refractivity contribution in [2.45, 2.75) is 57.9 Å². The zero-order chi connectivity index (χ0) is 19.4. The van der Waals surface area contributed by atoms with E-state index in [1.165, 1.54) is 12.8 Å². The maximum atomic E-state index is 12.7. The molecular formula is C21H29N3O3. The van der Waals surface area contributed by atoms with E-state index in [-0.39, 0.29) is 17.7 Å². The molecule has 1 aliphatic carbocycles. The van der Waals surface area contributed by atoms with E-state index >= 15 is 0 Å². The molecule has 146 valence electrons. The second-order valence-corrected chi connectivity index (χ2v) is 8.14. The molecule has 3 rings (SSSR count). The van der Waals surface area contributed by atoms with Crippen molar-refractivity contribution in [2.75, 3.05) is 18.0 Å². The summed E-state index contributed by atoms with van der Waals surface area (Å²) in [5, 5.41) is 5.80. The van der Waals surface area contributed by atoms with Crippen molar-refractivity contribution in [1.82, 2.24) is 10.6 Å². The van der Waals surface area contributed by atoms with Crippen LogP contribution in [-0.4, -0.2) is 36.3 Å². The molecular weight excluding hydrogens is 342 g/mol. The van der Waals surface area contributed by atoms with Gasteiger partial charge in [-0.15, -0.1) is 0 Å². The van der Waals surface area contributed by atoms with Crippen LogP contribution in [0.5, 0.6) is 0 Å². The van der Waals surface area contributed by atoms with Crippen LogP contribution in [-0.2, 0) is 9.59 Å². The van der Waals surface area contributed by atoms with Gasteiger partial charge in [-0.3, -0.25) is 14.4 Å². The van der Waals surface area contributed by atoms with Gasteiger partial charge in [0.1, 0.15) is 5.54 Å². The van der Waals surface area contributed by atoms with E-state index in [9.17, 15) is 14.4 Å². The minimum atomic E-state index is -1.00. The van der Waals surface area contributed by atoms with E-state index in [4.69, 9.17) is 0 Å². The molecule has 6 heteroatoms. The molecule has 27 heavy (non-hydrogen) atoms. The first-order valence-corrected chi connectivity index (χ1v) is 9.88. The Morgan fingerprint density at radius 3 is 2.59 bits per heavy atom. The third kappa shape index (κ3) is 4.67. The maximum Gasteiger partial charge on any atom is 0.252 e. The molecule has 0 spiro atoms. The summed E-state index contributed by atoms with van der Waals surface area (Å²) in [6, 6.07) is 7.01. The summed E-state index contributed by atoms with van der Waals surface area (Å²) in [5.74, 6) is 0.146. The number of anilines is 1. The predicted molar refractivity (Wildman–Crippen MR) is 105 cm³/mol. The molecule has 2 aliphatic rings. The highest BCUT2D eigenvalue weighted by Gasteiger charge is 2.31. The quantitative estimate of drug-likeness (QED) is 0.807. The molecule has 0 atom stereocenters. The molecule has 6 nitrogen and oxygen atoms in total. The molecule has 0 aromatic heterocycles. The van der Waals surface area contributed by atoms with Crippen LogP contribution in [0.3, 0.4) is 0 Å². The minimum Gasteiger partial charge on any atom is -0.354 e. The molecule has 1 saturated heterocycles. The molecule has 1 saturated carbocycles. The third-order valence-corrected chi connectivity index (χ3v) is 5.51. The molecule has 0 radical (unpaired) electrons. The second-order valence-electron chi connectivity index (χ2n) is 8.14. The van der Waals surface area contributed by atoms with Gasteiger partial charge < -0.3 is 15.5 Å². The van der Waals surface area contributed by atoms with Crippen LogP contribution in [0.4, 0.5) is 5.69 Å². The third-order valence-electron chi connectivity index (χ3n) is 5.51. The number of rotatable bonds is 6. The van der Waals surface area contributed by atoms with Gasteiger partial charge in [-0.1, -0.05) is 18.9 Å². The van der Waals surface area contributed by atoms with Crippen molar-refractivity contribution in [3.05, 3.63) is 29.8 Å². The number of hydrogen-bond acceptors (Lipinski definition) is 3. The van der Waals surface area contributed by atoms with Crippen LogP contribution in [0, 0.1) is 5.92 Å². The Morgan fingerprint density at radius 1 is 1.19 bits per heavy atom. The molecule has 1 heterocycles. The number of amides is 3. The first-order valence-electron chi connectivity index (χ1n) is 9.88. The molecule has 1 aliphatic heterocycles. The van der Waals surface area contributed by atoms with Crippen LogP contribution >= 0.6 is 0 Å². The van der Waals surface area contributed by atoms with Gasteiger partial charge in [0.15, 0.2) is 0 Å². The summed E-state index contributed by atoms with van der Waals surface area (Å²) < 4.78 is 0. The van der Waals surface area contributed by atoms with E-state index in [1.54, 1.807) is 36.9 Å². The molecule has 0 unspecified atom stereocenters. The fourth-order valence-corrected chi connectivity index (χ4v) is 3.82. The van der Waals surface area contributed by atoms with Gasteiger partial charge in [0, 0.05) is 30.8 Å². The van der Waals surface area contributed by atoms with Gasteiger partial charge in [0.25, 0.3) is 5.91 Å². The lowest BCUT2D eigenvalue weighted by Gasteiger charge is -2.26. The van der Waals surface area contributed by atoms with Crippen LogP contribution in [0.1, 0.15) is 62.7 Å². The average Bonchev–Trinajstić information content (AvgIpc) is 3.30. The lowest BCUT2D eigenvalue weighted by molar-refractivity contribution is -0.126. The topological polar surface area (TPSA) is 78.5 Å². The average molecular weight is 371 g/mol. The summed E-state index contributed by atoms with van der Waals surface area (Å²) >= 11 is 0. The van der Waals surface area contributed by atoms with Gasteiger partial charge in [-0.2, -0.15) is 0 Å². The molecule has 0 bridgehead atoms. The van der Waals surface area contributed by atoms with Crippen molar-refractivity contribution in [1.29, 1.82) is 0 Å². The normalized spacial score (nSPS) is 18.0. The summed E-state index contributed by atoms with van der Waals surface area (Å²) in [7, 11) is 0. The van der Waals surface area contributed by atoms with Crippen LogP contribution in [0.2, 0.25) is 0 Å². The van der Waals surface area contributed by atoms with Crippen LogP contribution in [0.15, 0.2) is 24.3 Å². The standard InChI is InChI=1S/C21H29N3O3/c1-21(2,20(27)22-14-15-7-3-4-8-15)23-19(26)16-9-5-10-17(13-16)24-12-6-11-18(24)25/h5,9-10,13,15H,3-4,6-8,11-12,14H2,1-2H3,(H,22,27)(H,23,26). The van der Waals surface area contributed by atoms with Gasteiger partial charge in [0.05, 0.1) is 0 Å². The highest BCUT2D eigenvalue weighted by Crippen LogP contribution is 2.24. The minimum absolute atomic E-state index is 0.0826. The largest absolute Gasteiger partial charge is 0.354 e. The highest BCUT2D eigenvalue weighted by atomic mass is 16.2. The Balaban J connectivity index is 1.61. The highest BCUT2D eigenvalue weighted by molar-refractivity contribution is 6.01. The number of nitrogens with zero attached hydrogens (tertiary/aromatic N) is 1. The van der Waals surface area contributed by atoms with Crippen molar-refractivity contribution < 1.29 is 14.4 Å². The lowest BCUT2D eigenvalue weighted by atomic mass is 10.0. The van der Waals surface area contributed by atoms with E-state index in [1.807, 2.05) is 6.07 Å². The van der Waals surface area contributed by atoms with E-state index < -0.39 is 5.54 Å². The smallest absolute Gasteiger partial charge is 0.252 e. The number of benzene rings is 1. The van der Waals surface area contributed by atoms with Crippen molar-refractivity contribution in [3.63, 3.8) is 0 Å². The predicted octanol–water partition coefficient (Wildman–Crippen LogP) is 2.63. The lowest BCUT2D eigenvalue weighted by Crippen LogP contribution is -2.55. The van der Waals surface area contributed by atoms with Gasteiger partial charge >= 0.3 is 0 Å². The Kier molecular flexibility index (Phi) is 5.82. The monoisotopic (exact) mass is 371 g/mol. The van der Waals surface area contributed by atoms with Crippen LogP contribution < -0.4 is 15.5 Å². The number of nitrogens with one attached hydrogen (secondary N) is 2. The van der Waals surface area contributed by atoms with Crippen molar-refractivity contribution in [3.8, 4) is 0 Å². The Morgan fingerprint density at radius 2 is 1.93 bits per heavy atom. The zero-order valence-electron chi connectivity index (χ0n) is 16.2. The molecule has 2 fully saturated rings. The van der Waals surface area contributed by atoms with Gasteiger partial charge in [-0.05, 0) is 57.2 Å². The number of hydrogen-bond donors (Lipinski definition) is 2.